The Labute approximate surface area is 168 Å². The molecule has 0 aromatic heterocycles. The second-order valence-electron chi connectivity index (χ2n) is 7.41. The van der Waals surface area contributed by atoms with Crippen molar-refractivity contribution in [2.24, 2.45) is 17.3 Å². The van der Waals surface area contributed by atoms with Crippen LogP contribution in [0.4, 0.5) is 0 Å². The van der Waals surface area contributed by atoms with E-state index in [1.165, 1.54) is 21.1 Å². The molecule has 2 fully saturated rings. The Morgan fingerprint density at radius 1 is 1.46 bits per heavy atom. The van der Waals surface area contributed by atoms with Gasteiger partial charge in [-0.15, -0.1) is 6.58 Å². The average Bonchev–Trinajstić information content (AvgIpc) is 2.91. The molecule has 1 saturated carbocycles. The Kier molecular flexibility index (Phi) is 5.10. The monoisotopic (exact) mass is 472 g/mol. The largest absolute Gasteiger partial charge is 0.366 e. The third kappa shape index (κ3) is 2.31. The molecule has 5 atom stereocenters. The van der Waals surface area contributed by atoms with Crippen molar-refractivity contribution in [2.75, 3.05) is 20.8 Å². The zero-order valence-electron chi connectivity index (χ0n) is 15.5. The maximum Gasteiger partial charge on any atom is 0.240 e. The van der Waals surface area contributed by atoms with E-state index >= 15 is 0 Å². The Morgan fingerprint density at radius 3 is 2.65 bits per heavy atom. The number of carbonyl (C=O) groups excluding carboxylic acids is 2. The number of halogens is 1. The van der Waals surface area contributed by atoms with E-state index in [1.54, 1.807) is 6.08 Å². The molecule has 4 rings (SSSR count). The molecule has 142 valence electrons. The van der Waals surface area contributed by atoms with Crippen LogP contribution in [-0.4, -0.2) is 43.8 Å². The van der Waals surface area contributed by atoms with Crippen molar-refractivity contribution in [3.63, 3.8) is 0 Å². The highest BCUT2D eigenvalue weighted by Crippen LogP contribution is 2.68. The van der Waals surface area contributed by atoms with Crippen LogP contribution in [0.2, 0.25) is 0 Å². The lowest BCUT2D eigenvalue weighted by atomic mass is 9.46. The number of methoxy groups -OCH3 is 2. The predicted molar refractivity (Wildman–Crippen MR) is 106 cm³/mol. The molecule has 1 saturated heterocycles. The van der Waals surface area contributed by atoms with Crippen LogP contribution in [-0.2, 0) is 23.8 Å². The molecule has 5 nitrogen and oxygen atoms in total. The molecular weight excluding hydrogens is 447 g/mol. The number of Topliss-reactive ketones (excluding diaryl/α,β-unsaturated/α-hetero) is 2. The number of ether oxygens (including phenoxy) is 3. The molecule has 0 spiro atoms. The third-order valence-electron chi connectivity index (χ3n) is 6.35. The summed E-state index contributed by atoms with van der Waals surface area (Å²) in [4.78, 5) is 26.0. The van der Waals surface area contributed by atoms with E-state index in [9.17, 15) is 9.59 Å². The maximum atomic E-state index is 13.5. The molecule has 6 heteroatoms. The van der Waals surface area contributed by atoms with Crippen LogP contribution < -0.4 is 0 Å². The third-order valence-corrected chi connectivity index (χ3v) is 6.89. The van der Waals surface area contributed by atoms with Crippen molar-refractivity contribution in [3.8, 4) is 0 Å². The molecule has 1 heterocycles. The second-order valence-corrected chi connectivity index (χ2v) is 8.94. The van der Waals surface area contributed by atoms with Gasteiger partial charge in [0.05, 0.1) is 12.5 Å². The zero-order chi connectivity index (χ0) is 19.3. The molecule has 0 amide bonds. The maximum absolute atomic E-state index is 13.5. The number of rotatable bonds is 8. The molecule has 4 aliphatic rings. The van der Waals surface area contributed by atoms with E-state index in [1.807, 2.05) is 6.08 Å². The molecule has 3 aliphatic carbocycles. The van der Waals surface area contributed by atoms with Gasteiger partial charge in [0.1, 0.15) is 0 Å². The van der Waals surface area contributed by atoms with Crippen molar-refractivity contribution in [2.45, 2.75) is 37.6 Å². The van der Waals surface area contributed by atoms with Crippen LogP contribution in [0.25, 0.3) is 0 Å². The van der Waals surface area contributed by atoms with E-state index in [-0.39, 0.29) is 17.5 Å². The van der Waals surface area contributed by atoms with E-state index in [0.717, 1.165) is 16.4 Å². The van der Waals surface area contributed by atoms with Crippen molar-refractivity contribution in [1.82, 2.24) is 0 Å². The first-order valence-corrected chi connectivity index (χ1v) is 9.80. The number of carbonyl (C=O) groups is 2. The minimum atomic E-state index is -1.47. The lowest BCUT2D eigenvalue weighted by Gasteiger charge is -2.59. The fourth-order valence-corrected chi connectivity index (χ4v) is 5.71. The molecule has 0 aromatic carbocycles. The van der Waals surface area contributed by atoms with Gasteiger partial charge in [-0.05, 0) is 58.4 Å². The molecule has 0 N–H and O–H groups in total. The zero-order valence-corrected chi connectivity index (χ0v) is 17.6. The van der Waals surface area contributed by atoms with Gasteiger partial charge >= 0.3 is 0 Å². The van der Waals surface area contributed by atoms with Gasteiger partial charge in [0, 0.05) is 31.1 Å². The highest BCUT2D eigenvalue weighted by Gasteiger charge is 2.79. The molecule has 0 aromatic rings. The van der Waals surface area contributed by atoms with Crippen molar-refractivity contribution in [1.29, 1.82) is 0 Å². The first-order chi connectivity index (χ1) is 12.3. The molecular formula is C20H25IO5. The summed E-state index contributed by atoms with van der Waals surface area (Å²) in [6.45, 7) is 9.76. The van der Waals surface area contributed by atoms with Crippen molar-refractivity contribution >= 4 is 34.2 Å². The van der Waals surface area contributed by atoms with Crippen LogP contribution in [0.5, 0.6) is 0 Å². The molecule has 4 bridgehead atoms. The fourth-order valence-electron chi connectivity index (χ4n) is 5.40. The lowest BCUT2D eigenvalue weighted by molar-refractivity contribution is -0.240. The Balaban J connectivity index is 2.28. The van der Waals surface area contributed by atoms with Crippen LogP contribution in [0.1, 0.15) is 26.2 Å². The quantitative estimate of drug-likeness (QED) is 0.401. The SMILES string of the molecule is C=CC[C@@]12CO[C@]3(OC)C(=O)[C@@](OC)(C=C(C(C)=O)[C@@H]31)[C@H]2CCC(=C)I. The van der Waals surface area contributed by atoms with Crippen LogP contribution in [0, 0.1) is 17.3 Å². The Hall–Kier alpha value is -0.830. The van der Waals surface area contributed by atoms with E-state index in [0.29, 0.717) is 18.6 Å². The van der Waals surface area contributed by atoms with Crippen molar-refractivity contribution < 1.29 is 23.8 Å². The van der Waals surface area contributed by atoms with Crippen LogP contribution >= 0.6 is 22.6 Å². The van der Waals surface area contributed by atoms with E-state index in [2.05, 4.69) is 35.7 Å². The minimum absolute atomic E-state index is 0.0824. The van der Waals surface area contributed by atoms with Gasteiger partial charge in [0.25, 0.3) is 0 Å². The second kappa shape index (κ2) is 6.65. The first kappa shape index (κ1) is 19.9. The summed E-state index contributed by atoms with van der Waals surface area (Å²) in [5.41, 5.74) is -1.14. The highest BCUT2D eigenvalue weighted by atomic mass is 127. The Bertz CT molecular complexity index is 713. The van der Waals surface area contributed by atoms with E-state index < -0.39 is 22.7 Å². The van der Waals surface area contributed by atoms with Gasteiger partial charge in [-0.2, -0.15) is 0 Å². The summed E-state index contributed by atoms with van der Waals surface area (Å²) < 4.78 is 18.6. The molecule has 26 heavy (non-hydrogen) atoms. The highest BCUT2D eigenvalue weighted by molar-refractivity contribution is 14.1. The topological polar surface area (TPSA) is 61.8 Å². The smallest absolute Gasteiger partial charge is 0.240 e. The van der Waals surface area contributed by atoms with E-state index in [4.69, 9.17) is 14.2 Å². The lowest BCUT2D eigenvalue weighted by Crippen LogP contribution is -2.72. The number of allylic oxidation sites excluding steroid dienone is 2. The molecule has 0 radical (unpaired) electrons. The number of hydrogen-bond acceptors (Lipinski definition) is 5. The molecule has 0 unspecified atom stereocenters. The number of hydrogen-bond donors (Lipinski definition) is 0. The van der Waals surface area contributed by atoms with Gasteiger partial charge < -0.3 is 14.2 Å². The first-order valence-electron chi connectivity index (χ1n) is 8.72. The fraction of sp³-hybridized carbons (Fsp3) is 0.600. The van der Waals surface area contributed by atoms with Crippen molar-refractivity contribution in [3.05, 3.63) is 34.5 Å². The summed E-state index contributed by atoms with van der Waals surface area (Å²) in [5.74, 6) is -2.39. The van der Waals surface area contributed by atoms with Crippen LogP contribution in [0.3, 0.4) is 0 Å². The summed E-state index contributed by atoms with van der Waals surface area (Å²) in [6.07, 6.45) is 5.67. The van der Waals surface area contributed by atoms with Gasteiger partial charge in [-0.1, -0.05) is 12.7 Å². The standard InChI is InChI=1S/C20H25IO5/c1-6-9-18-11-26-20(25-5)16(18)14(13(3)22)10-19(24-4,17(20)23)15(18)8-7-12(2)21/h6,10,15-16H,1-2,7-9,11H2,3-5H3/t15-,16+,18-,19+,20-/m0/s1. The van der Waals surface area contributed by atoms with Gasteiger partial charge in [0.15, 0.2) is 11.4 Å². The van der Waals surface area contributed by atoms with Gasteiger partial charge in [-0.3, -0.25) is 9.59 Å². The van der Waals surface area contributed by atoms with Gasteiger partial charge in [0.2, 0.25) is 11.6 Å². The predicted octanol–water partition coefficient (Wildman–Crippen LogP) is 3.38. The van der Waals surface area contributed by atoms with Crippen LogP contribution in [0.15, 0.2) is 34.5 Å². The van der Waals surface area contributed by atoms with Gasteiger partial charge in [-0.25, -0.2) is 0 Å². The summed E-state index contributed by atoms with van der Waals surface area (Å²) in [7, 11) is 2.99. The number of ketones is 2. The normalized spacial score (nSPS) is 40.5. The average molecular weight is 472 g/mol. The Morgan fingerprint density at radius 2 is 2.15 bits per heavy atom. The summed E-state index contributed by atoms with van der Waals surface area (Å²) in [6, 6.07) is 0. The molecule has 1 aliphatic heterocycles. The summed E-state index contributed by atoms with van der Waals surface area (Å²) >= 11 is 2.21. The summed E-state index contributed by atoms with van der Waals surface area (Å²) in [5, 5.41) is 0. The minimum Gasteiger partial charge on any atom is -0.366 e.